The van der Waals surface area contributed by atoms with E-state index in [-0.39, 0.29) is 12.2 Å². The number of amides is 1. The zero-order chi connectivity index (χ0) is 13.5. The minimum absolute atomic E-state index is 0.0908. The quantitative estimate of drug-likeness (QED) is 0.695. The van der Waals surface area contributed by atoms with Crippen molar-refractivity contribution in [2.45, 2.75) is 51.7 Å². The summed E-state index contributed by atoms with van der Waals surface area (Å²) in [5.74, 6) is 0. The molecule has 2 rings (SSSR count). The fraction of sp³-hybridized carbons (Fsp3) is 0.562. The third-order valence-electron chi connectivity index (χ3n) is 3.55. The average molecular weight is 261 g/mol. The van der Waals surface area contributed by atoms with Crippen LogP contribution in [0.3, 0.4) is 0 Å². The molecule has 1 aliphatic heterocycles. The molecular formula is C16H23NO2. The summed E-state index contributed by atoms with van der Waals surface area (Å²) in [6.45, 7) is 3.60. The Bertz CT molecular complexity index is 391. The van der Waals surface area contributed by atoms with E-state index in [0.717, 1.165) is 24.9 Å². The number of carbonyl (C=O) groups is 1. The van der Waals surface area contributed by atoms with Gasteiger partial charge in [-0.15, -0.1) is 0 Å². The molecule has 0 bridgehead atoms. The van der Waals surface area contributed by atoms with Crippen molar-refractivity contribution in [2.75, 3.05) is 6.54 Å². The fourth-order valence-electron chi connectivity index (χ4n) is 2.46. The second-order valence-electron chi connectivity index (χ2n) is 5.22. The number of cyclic esters (lactones) is 1. The van der Waals surface area contributed by atoms with Gasteiger partial charge < -0.3 is 9.64 Å². The predicted octanol–water partition coefficient (Wildman–Crippen LogP) is 3.98. The zero-order valence-corrected chi connectivity index (χ0v) is 11.7. The van der Waals surface area contributed by atoms with E-state index in [9.17, 15) is 4.79 Å². The van der Waals surface area contributed by atoms with Crippen molar-refractivity contribution >= 4 is 6.09 Å². The van der Waals surface area contributed by atoms with Gasteiger partial charge in [0.2, 0.25) is 0 Å². The Balaban J connectivity index is 1.76. The largest absolute Gasteiger partial charge is 0.444 e. The highest BCUT2D eigenvalue weighted by atomic mass is 16.6. The van der Waals surface area contributed by atoms with Crippen LogP contribution in [0.2, 0.25) is 0 Å². The van der Waals surface area contributed by atoms with Gasteiger partial charge in [0, 0.05) is 6.54 Å². The Kier molecular flexibility index (Phi) is 5.25. The number of rotatable bonds is 7. The van der Waals surface area contributed by atoms with E-state index >= 15 is 0 Å². The summed E-state index contributed by atoms with van der Waals surface area (Å²) >= 11 is 0. The molecule has 0 aromatic heterocycles. The molecule has 3 nitrogen and oxygen atoms in total. The summed E-state index contributed by atoms with van der Waals surface area (Å²) in [4.78, 5) is 13.6. The van der Waals surface area contributed by atoms with Crippen LogP contribution in [0.25, 0.3) is 0 Å². The molecule has 1 heterocycles. The minimum Gasteiger partial charge on any atom is -0.444 e. The van der Waals surface area contributed by atoms with Gasteiger partial charge >= 0.3 is 6.09 Å². The Morgan fingerprint density at radius 1 is 1.21 bits per heavy atom. The SMILES string of the molecule is CCCCCCC1CN(Cc2ccccc2)C(=O)O1. The first-order valence-corrected chi connectivity index (χ1v) is 7.29. The van der Waals surface area contributed by atoms with Crippen molar-refractivity contribution in [2.24, 2.45) is 0 Å². The molecule has 1 unspecified atom stereocenters. The molecule has 1 saturated heterocycles. The van der Waals surface area contributed by atoms with Crippen LogP contribution < -0.4 is 0 Å². The summed E-state index contributed by atoms with van der Waals surface area (Å²) in [5, 5.41) is 0. The van der Waals surface area contributed by atoms with Crippen LogP contribution >= 0.6 is 0 Å². The third-order valence-corrected chi connectivity index (χ3v) is 3.55. The van der Waals surface area contributed by atoms with Gasteiger partial charge in [0.15, 0.2) is 0 Å². The Morgan fingerprint density at radius 3 is 2.74 bits per heavy atom. The van der Waals surface area contributed by atoms with E-state index < -0.39 is 0 Å². The summed E-state index contributed by atoms with van der Waals surface area (Å²) in [6.07, 6.45) is 5.84. The van der Waals surface area contributed by atoms with Crippen LogP contribution in [0, 0.1) is 0 Å². The molecule has 0 N–H and O–H groups in total. The van der Waals surface area contributed by atoms with Crippen LogP contribution in [0.4, 0.5) is 4.79 Å². The molecule has 1 atom stereocenters. The smallest absolute Gasteiger partial charge is 0.410 e. The molecule has 1 aliphatic rings. The van der Waals surface area contributed by atoms with Crippen LogP contribution in [-0.2, 0) is 11.3 Å². The first-order valence-electron chi connectivity index (χ1n) is 7.29. The molecule has 104 valence electrons. The lowest BCUT2D eigenvalue weighted by atomic mass is 10.1. The molecule has 0 radical (unpaired) electrons. The van der Waals surface area contributed by atoms with Crippen molar-refractivity contribution in [3.05, 3.63) is 35.9 Å². The molecule has 3 heteroatoms. The second kappa shape index (κ2) is 7.17. The number of carbonyl (C=O) groups excluding carboxylic acids is 1. The van der Waals surface area contributed by atoms with Crippen LogP contribution in [0.5, 0.6) is 0 Å². The van der Waals surface area contributed by atoms with Crippen LogP contribution in [0.1, 0.15) is 44.6 Å². The van der Waals surface area contributed by atoms with E-state index in [4.69, 9.17) is 4.74 Å². The first kappa shape index (κ1) is 13.9. The van der Waals surface area contributed by atoms with E-state index in [1.165, 1.54) is 19.3 Å². The average Bonchev–Trinajstić information content (AvgIpc) is 2.77. The van der Waals surface area contributed by atoms with Crippen molar-refractivity contribution in [1.29, 1.82) is 0 Å². The van der Waals surface area contributed by atoms with Crippen molar-refractivity contribution in [1.82, 2.24) is 4.90 Å². The minimum atomic E-state index is -0.163. The van der Waals surface area contributed by atoms with Crippen molar-refractivity contribution in [3.63, 3.8) is 0 Å². The van der Waals surface area contributed by atoms with E-state index in [0.29, 0.717) is 6.54 Å². The number of nitrogens with zero attached hydrogens (tertiary/aromatic N) is 1. The lowest BCUT2D eigenvalue weighted by Crippen LogP contribution is -2.24. The van der Waals surface area contributed by atoms with Crippen LogP contribution in [-0.4, -0.2) is 23.6 Å². The highest BCUT2D eigenvalue weighted by Crippen LogP contribution is 2.19. The highest BCUT2D eigenvalue weighted by molar-refractivity contribution is 5.69. The topological polar surface area (TPSA) is 29.5 Å². The maximum atomic E-state index is 11.8. The van der Waals surface area contributed by atoms with Crippen molar-refractivity contribution in [3.8, 4) is 0 Å². The van der Waals surface area contributed by atoms with Gasteiger partial charge in [-0.05, 0) is 18.4 Å². The standard InChI is InChI=1S/C16H23NO2/c1-2-3-4-8-11-15-13-17(16(18)19-15)12-14-9-6-5-7-10-14/h5-7,9-10,15H,2-4,8,11-13H2,1H3. The normalized spacial score (nSPS) is 18.7. The summed E-state index contributed by atoms with van der Waals surface area (Å²) in [6, 6.07) is 10.1. The molecule has 1 fully saturated rings. The van der Waals surface area contributed by atoms with Gasteiger partial charge in [-0.3, -0.25) is 0 Å². The van der Waals surface area contributed by atoms with E-state index in [1.54, 1.807) is 4.90 Å². The number of hydrogen-bond acceptors (Lipinski definition) is 2. The molecule has 1 aromatic carbocycles. The van der Waals surface area contributed by atoms with Crippen molar-refractivity contribution < 1.29 is 9.53 Å². The summed E-state index contributed by atoms with van der Waals surface area (Å²) in [7, 11) is 0. The highest BCUT2D eigenvalue weighted by Gasteiger charge is 2.30. The third kappa shape index (κ3) is 4.27. The fourth-order valence-corrected chi connectivity index (χ4v) is 2.46. The van der Waals surface area contributed by atoms with E-state index in [2.05, 4.69) is 6.92 Å². The Labute approximate surface area is 115 Å². The summed E-state index contributed by atoms with van der Waals surface area (Å²) in [5.41, 5.74) is 1.16. The lowest BCUT2D eigenvalue weighted by Gasteiger charge is -2.12. The molecule has 1 aromatic rings. The van der Waals surface area contributed by atoms with Gasteiger partial charge in [0.1, 0.15) is 6.10 Å². The number of ether oxygens (including phenoxy) is 1. The van der Waals surface area contributed by atoms with Gasteiger partial charge in [0.05, 0.1) is 6.54 Å². The maximum absolute atomic E-state index is 11.8. The zero-order valence-electron chi connectivity index (χ0n) is 11.7. The monoisotopic (exact) mass is 261 g/mol. The molecular weight excluding hydrogens is 238 g/mol. The maximum Gasteiger partial charge on any atom is 0.410 e. The molecule has 0 saturated carbocycles. The molecule has 1 amide bonds. The van der Waals surface area contributed by atoms with Gasteiger partial charge in [-0.25, -0.2) is 4.79 Å². The van der Waals surface area contributed by atoms with Gasteiger partial charge in [0.25, 0.3) is 0 Å². The number of unbranched alkanes of at least 4 members (excludes halogenated alkanes) is 3. The van der Waals surface area contributed by atoms with Crippen LogP contribution in [0.15, 0.2) is 30.3 Å². The second-order valence-corrected chi connectivity index (χ2v) is 5.22. The Morgan fingerprint density at radius 2 is 2.00 bits per heavy atom. The molecule has 0 aliphatic carbocycles. The molecule has 0 spiro atoms. The predicted molar refractivity (Wildman–Crippen MR) is 75.9 cm³/mol. The lowest BCUT2D eigenvalue weighted by molar-refractivity contribution is 0.127. The van der Waals surface area contributed by atoms with Gasteiger partial charge in [-0.1, -0.05) is 56.5 Å². The summed E-state index contributed by atoms with van der Waals surface area (Å²) < 4.78 is 5.41. The van der Waals surface area contributed by atoms with E-state index in [1.807, 2.05) is 30.3 Å². The number of hydrogen-bond donors (Lipinski definition) is 0. The first-order chi connectivity index (χ1) is 9.29. The van der Waals surface area contributed by atoms with Gasteiger partial charge in [-0.2, -0.15) is 0 Å². The Hall–Kier alpha value is -1.51. The number of benzene rings is 1. The molecule has 19 heavy (non-hydrogen) atoms.